The molecule has 0 aliphatic carbocycles. The van der Waals surface area contributed by atoms with E-state index in [9.17, 15) is 5.26 Å². The highest BCUT2D eigenvalue weighted by molar-refractivity contribution is 6.12. The molecule has 0 fully saturated rings. The van der Waals surface area contributed by atoms with E-state index in [1.54, 1.807) is 0 Å². The molecule has 9 aromatic carbocycles. The van der Waals surface area contributed by atoms with Gasteiger partial charge in [0.25, 0.3) is 0 Å². The van der Waals surface area contributed by atoms with Crippen molar-refractivity contribution < 1.29 is 0 Å². The summed E-state index contributed by atoms with van der Waals surface area (Å²) in [5, 5.41) is 14.6. The molecule has 322 valence electrons. The molecule has 3 heterocycles. The van der Waals surface area contributed by atoms with E-state index in [-0.39, 0.29) is 0 Å². The zero-order valence-electron chi connectivity index (χ0n) is 38.2. The molecule has 6 nitrogen and oxygen atoms in total. The summed E-state index contributed by atoms with van der Waals surface area (Å²) in [7, 11) is 0. The number of fused-ring (bicyclic) bond motifs is 6. The lowest BCUT2D eigenvalue weighted by molar-refractivity contribution is 1.07. The van der Waals surface area contributed by atoms with Crippen molar-refractivity contribution >= 4 is 43.6 Å². The lowest BCUT2D eigenvalue weighted by atomic mass is 9.94. The average molecular weight is 873 g/mol. The maximum atomic E-state index is 9.76. The summed E-state index contributed by atoms with van der Waals surface area (Å²) in [4.78, 5) is 15.5. The average Bonchev–Trinajstić information content (AvgIpc) is 3.86. The highest BCUT2D eigenvalue weighted by atomic mass is 15.0. The highest BCUT2D eigenvalue weighted by Gasteiger charge is 2.23. The first-order valence-corrected chi connectivity index (χ1v) is 23.0. The Bertz CT molecular complexity index is 3830. The molecule has 0 radical (unpaired) electrons. The van der Waals surface area contributed by atoms with Crippen LogP contribution in [0.3, 0.4) is 0 Å². The first-order valence-electron chi connectivity index (χ1n) is 23.0. The van der Waals surface area contributed by atoms with Crippen LogP contribution in [0.2, 0.25) is 0 Å². The van der Waals surface area contributed by atoms with E-state index in [0.717, 1.165) is 72.4 Å². The number of nitriles is 1. The van der Waals surface area contributed by atoms with Gasteiger partial charge in [-0.05, 0) is 130 Å². The molecule has 0 saturated carbocycles. The SMILES string of the molecule is Cc1ccc2c(c1)c1cc(C)ccc1n2-c1ccc(-c2ccc(C#N)cc2)cc1-c1cc(-c2nc(-c3ccccc3)nc(-c3ccccc3)n2)ccc1-n1c2ccc(C)cc2c2cc(C)ccc21. The van der Waals surface area contributed by atoms with Crippen molar-refractivity contribution in [3.05, 3.63) is 222 Å². The molecule has 0 unspecified atom stereocenters. The Hall–Kier alpha value is -8.92. The number of benzene rings is 9. The number of hydrogen-bond acceptors (Lipinski definition) is 4. The normalized spacial score (nSPS) is 11.5. The van der Waals surface area contributed by atoms with Crippen LogP contribution in [0.15, 0.2) is 194 Å². The van der Waals surface area contributed by atoms with Gasteiger partial charge in [-0.2, -0.15) is 5.26 Å². The van der Waals surface area contributed by atoms with Crippen LogP contribution < -0.4 is 0 Å². The molecule has 0 aliphatic rings. The van der Waals surface area contributed by atoms with E-state index < -0.39 is 0 Å². The second-order valence-corrected chi connectivity index (χ2v) is 17.9. The van der Waals surface area contributed by atoms with Crippen LogP contribution in [0, 0.1) is 39.0 Å². The van der Waals surface area contributed by atoms with E-state index in [1.165, 1.54) is 43.8 Å². The van der Waals surface area contributed by atoms with Gasteiger partial charge >= 0.3 is 0 Å². The summed E-state index contributed by atoms with van der Waals surface area (Å²) in [5.41, 5.74) is 18.8. The topological polar surface area (TPSA) is 72.3 Å². The quantitative estimate of drug-likeness (QED) is 0.160. The molecule has 12 aromatic rings. The van der Waals surface area contributed by atoms with Crippen LogP contribution in [-0.2, 0) is 0 Å². The van der Waals surface area contributed by atoms with Crippen molar-refractivity contribution in [2.24, 2.45) is 0 Å². The van der Waals surface area contributed by atoms with Gasteiger partial charge in [0.2, 0.25) is 0 Å². The van der Waals surface area contributed by atoms with Crippen molar-refractivity contribution in [2.75, 3.05) is 0 Å². The van der Waals surface area contributed by atoms with Gasteiger partial charge < -0.3 is 9.13 Å². The molecule has 0 bridgehead atoms. The third-order valence-electron chi connectivity index (χ3n) is 13.2. The minimum atomic E-state index is 0.576. The van der Waals surface area contributed by atoms with Crippen LogP contribution in [0.5, 0.6) is 0 Å². The summed E-state index contributed by atoms with van der Waals surface area (Å²) in [6, 6.07) is 71.0. The molecule has 0 N–H and O–H groups in total. The van der Waals surface area contributed by atoms with Gasteiger partial charge in [0.1, 0.15) is 0 Å². The van der Waals surface area contributed by atoms with Crippen LogP contribution in [0.25, 0.3) is 111 Å². The molecule has 0 atom stereocenters. The molecule has 6 heteroatoms. The van der Waals surface area contributed by atoms with Gasteiger partial charge in [-0.25, -0.2) is 15.0 Å². The molecular formula is C62H44N6. The molecule has 0 aliphatic heterocycles. The summed E-state index contributed by atoms with van der Waals surface area (Å²) in [6.45, 7) is 8.65. The lowest BCUT2D eigenvalue weighted by Gasteiger charge is -2.21. The molecule has 0 spiro atoms. The Morgan fingerprint density at radius 1 is 0.338 bits per heavy atom. The fourth-order valence-corrected chi connectivity index (χ4v) is 9.91. The van der Waals surface area contributed by atoms with Crippen molar-refractivity contribution in [3.63, 3.8) is 0 Å². The Labute approximate surface area is 394 Å². The Morgan fingerprint density at radius 3 is 1.09 bits per heavy atom. The number of hydrogen-bond donors (Lipinski definition) is 0. The monoisotopic (exact) mass is 872 g/mol. The van der Waals surface area contributed by atoms with E-state index >= 15 is 0 Å². The minimum absolute atomic E-state index is 0.576. The van der Waals surface area contributed by atoms with E-state index in [4.69, 9.17) is 15.0 Å². The van der Waals surface area contributed by atoms with Crippen LogP contribution in [0.4, 0.5) is 0 Å². The predicted octanol–water partition coefficient (Wildman–Crippen LogP) is 15.5. The van der Waals surface area contributed by atoms with Gasteiger partial charge in [-0.1, -0.05) is 125 Å². The summed E-state index contributed by atoms with van der Waals surface area (Å²) < 4.78 is 4.86. The Kier molecular flexibility index (Phi) is 9.67. The molecule has 3 aromatic heterocycles. The van der Waals surface area contributed by atoms with Crippen molar-refractivity contribution in [1.82, 2.24) is 24.1 Å². The second kappa shape index (κ2) is 16.2. The number of aromatic nitrogens is 5. The third-order valence-corrected chi connectivity index (χ3v) is 13.2. The Morgan fingerprint density at radius 2 is 0.691 bits per heavy atom. The molecule has 68 heavy (non-hydrogen) atoms. The maximum Gasteiger partial charge on any atom is 0.164 e. The van der Waals surface area contributed by atoms with E-state index in [2.05, 4.69) is 152 Å². The van der Waals surface area contributed by atoms with Crippen molar-refractivity contribution in [3.8, 4) is 73.9 Å². The predicted molar refractivity (Wildman–Crippen MR) is 279 cm³/mol. The number of aryl methyl sites for hydroxylation is 4. The zero-order chi connectivity index (χ0) is 46.0. The highest BCUT2D eigenvalue weighted by Crippen LogP contribution is 2.44. The van der Waals surface area contributed by atoms with Crippen molar-refractivity contribution in [2.45, 2.75) is 27.7 Å². The van der Waals surface area contributed by atoms with Crippen LogP contribution in [0.1, 0.15) is 27.8 Å². The van der Waals surface area contributed by atoms with E-state index in [1.807, 2.05) is 84.9 Å². The fourth-order valence-electron chi connectivity index (χ4n) is 9.91. The maximum absolute atomic E-state index is 9.76. The smallest absolute Gasteiger partial charge is 0.164 e. The van der Waals surface area contributed by atoms with Gasteiger partial charge in [-0.15, -0.1) is 0 Å². The summed E-state index contributed by atoms with van der Waals surface area (Å²) in [5.74, 6) is 1.78. The van der Waals surface area contributed by atoms with Gasteiger partial charge in [-0.3, -0.25) is 0 Å². The number of nitrogens with zero attached hydrogens (tertiary/aromatic N) is 6. The summed E-state index contributed by atoms with van der Waals surface area (Å²) >= 11 is 0. The standard InChI is InChI=1S/C62H44N6/c1-38-15-25-54-48(31-38)49-32-39(2)16-26-55(49)67(54)58-29-23-46(43-21-19-42(37-63)20-22-43)35-52(58)53-36-47(62-65-60(44-11-7-5-8-12-44)64-61(66-62)45-13-9-6-10-14-45)24-30-59(53)68-56-27-17-40(3)33-50(56)51-34-41(4)18-28-57(51)68/h5-36H,1-4H3. The fraction of sp³-hybridized carbons (Fsp3) is 0.0645. The van der Waals surface area contributed by atoms with Gasteiger partial charge in [0.15, 0.2) is 17.5 Å². The first kappa shape index (κ1) is 40.6. The first-order chi connectivity index (χ1) is 33.3. The van der Waals surface area contributed by atoms with Gasteiger partial charge in [0.05, 0.1) is 45.1 Å². The van der Waals surface area contributed by atoms with Crippen LogP contribution in [-0.4, -0.2) is 24.1 Å². The van der Waals surface area contributed by atoms with Crippen LogP contribution >= 0.6 is 0 Å². The second-order valence-electron chi connectivity index (χ2n) is 17.9. The third kappa shape index (κ3) is 6.92. The lowest BCUT2D eigenvalue weighted by Crippen LogP contribution is -2.04. The van der Waals surface area contributed by atoms with Crippen molar-refractivity contribution in [1.29, 1.82) is 5.26 Å². The molecule has 12 rings (SSSR count). The molecule has 0 amide bonds. The van der Waals surface area contributed by atoms with E-state index in [0.29, 0.717) is 23.0 Å². The molecule has 0 saturated heterocycles. The molecular weight excluding hydrogens is 829 g/mol. The summed E-state index contributed by atoms with van der Waals surface area (Å²) in [6.07, 6.45) is 0. The van der Waals surface area contributed by atoms with Gasteiger partial charge in [0, 0.05) is 49.4 Å². The zero-order valence-corrected chi connectivity index (χ0v) is 38.2. The number of rotatable bonds is 7. The minimum Gasteiger partial charge on any atom is -0.309 e. The largest absolute Gasteiger partial charge is 0.309 e. The Balaban J connectivity index is 1.21.